The summed E-state index contributed by atoms with van der Waals surface area (Å²) in [5, 5.41) is 12.0. The molecule has 1 N–H and O–H groups in total. The van der Waals surface area contributed by atoms with Gasteiger partial charge in [-0.15, -0.1) is 0 Å². The van der Waals surface area contributed by atoms with Crippen molar-refractivity contribution in [3.8, 4) is 11.3 Å². The largest absolute Gasteiger partial charge is 0.444 e. The van der Waals surface area contributed by atoms with Crippen molar-refractivity contribution >= 4 is 28.4 Å². The van der Waals surface area contributed by atoms with Crippen LogP contribution in [0.15, 0.2) is 48.5 Å². The number of rotatable bonds is 8. The minimum Gasteiger partial charge on any atom is -0.444 e. The predicted molar refractivity (Wildman–Crippen MR) is 172 cm³/mol. The maximum absolute atomic E-state index is 13.4. The van der Waals surface area contributed by atoms with Crippen molar-refractivity contribution in [3.63, 3.8) is 0 Å². The highest BCUT2D eigenvalue weighted by atomic mass is 16.6. The number of carbonyl (C=O) groups excluding carboxylic acids is 1. The number of piperidine rings is 1. The number of nitrogens with zero attached hydrogens (tertiary/aromatic N) is 5. The van der Waals surface area contributed by atoms with Gasteiger partial charge in [-0.05, 0) is 77.3 Å². The molecular weight excluding hydrogens is 544 g/mol. The van der Waals surface area contributed by atoms with Gasteiger partial charge in [0, 0.05) is 98.9 Å². The normalized spacial score (nSPS) is 17.5. The van der Waals surface area contributed by atoms with Crippen molar-refractivity contribution in [2.24, 2.45) is 0 Å². The van der Waals surface area contributed by atoms with Crippen LogP contribution in [0.3, 0.4) is 0 Å². The van der Waals surface area contributed by atoms with E-state index in [1.165, 1.54) is 6.07 Å². The van der Waals surface area contributed by atoms with Crippen LogP contribution in [0.4, 0.5) is 16.2 Å². The van der Waals surface area contributed by atoms with Crippen LogP contribution < -0.4 is 4.90 Å². The molecule has 0 aliphatic carbocycles. The highest BCUT2D eigenvalue weighted by Crippen LogP contribution is 2.31. The second-order valence-corrected chi connectivity index (χ2v) is 13.1. The van der Waals surface area contributed by atoms with Gasteiger partial charge in [0.05, 0.1) is 4.92 Å². The lowest BCUT2D eigenvalue weighted by Crippen LogP contribution is -2.53. The van der Waals surface area contributed by atoms with Crippen LogP contribution in [-0.4, -0.2) is 101 Å². The average molecular weight is 591 g/mol. The Morgan fingerprint density at radius 3 is 2.42 bits per heavy atom. The molecule has 0 saturated carbocycles. The van der Waals surface area contributed by atoms with Crippen molar-refractivity contribution in [3.05, 3.63) is 58.6 Å². The van der Waals surface area contributed by atoms with E-state index in [4.69, 9.17) is 4.74 Å². The number of nitrogens with one attached hydrogen (secondary N) is 1. The SMILES string of the molecule is CC(C)N1CCN(CCN(C(=O)OC(C)(C)C)C2CCN(c3cccc(-c4cc5cc([N+](=O)[O-])ccc5[nH]4)c3)CC2)CC1. The van der Waals surface area contributed by atoms with E-state index in [0.29, 0.717) is 12.6 Å². The van der Waals surface area contributed by atoms with Crippen LogP contribution in [0, 0.1) is 10.1 Å². The van der Waals surface area contributed by atoms with Crippen LogP contribution in [0.5, 0.6) is 0 Å². The van der Waals surface area contributed by atoms with E-state index in [1.54, 1.807) is 12.1 Å². The summed E-state index contributed by atoms with van der Waals surface area (Å²) in [5.74, 6) is 0. The van der Waals surface area contributed by atoms with Crippen LogP contribution in [-0.2, 0) is 4.74 Å². The molecule has 43 heavy (non-hydrogen) atoms. The number of non-ortho nitro benzene ring substituents is 1. The molecule has 2 aliphatic rings. The molecule has 0 spiro atoms. The van der Waals surface area contributed by atoms with Gasteiger partial charge in [-0.1, -0.05) is 12.1 Å². The molecule has 0 bridgehead atoms. The lowest BCUT2D eigenvalue weighted by molar-refractivity contribution is -0.384. The second-order valence-electron chi connectivity index (χ2n) is 13.1. The summed E-state index contributed by atoms with van der Waals surface area (Å²) in [6.45, 7) is 17.7. The zero-order valence-corrected chi connectivity index (χ0v) is 26.2. The topological polar surface area (TPSA) is 98.2 Å². The summed E-state index contributed by atoms with van der Waals surface area (Å²) >= 11 is 0. The molecule has 0 atom stereocenters. The van der Waals surface area contributed by atoms with Crippen molar-refractivity contribution in [2.75, 3.05) is 57.3 Å². The van der Waals surface area contributed by atoms with E-state index in [9.17, 15) is 14.9 Å². The Morgan fingerprint density at radius 1 is 1.05 bits per heavy atom. The summed E-state index contributed by atoms with van der Waals surface area (Å²) in [6, 6.07) is 16.0. The maximum atomic E-state index is 13.4. The number of hydrogen-bond donors (Lipinski definition) is 1. The average Bonchev–Trinajstić information content (AvgIpc) is 3.41. The molecule has 3 heterocycles. The lowest BCUT2D eigenvalue weighted by atomic mass is 10.0. The maximum Gasteiger partial charge on any atom is 0.410 e. The van der Waals surface area contributed by atoms with E-state index in [2.05, 4.69) is 57.8 Å². The molecule has 1 aromatic heterocycles. The highest BCUT2D eigenvalue weighted by Gasteiger charge is 2.32. The molecule has 2 fully saturated rings. The third kappa shape index (κ3) is 7.67. The Bertz CT molecular complexity index is 1410. The van der Waals surface area contributed by atoms with Crippen LogP contribution in [0.2, 0.25) is 0 Å². The molecule has 10 heteroatoms. The number of piperazine rings is 1. The van der Waals surface area contributed by atoms with Gasteiger partial charge in [0.2, 0.25) is 0 Å². The van der Waals surface area contributed by atoms with Crippen LogP contribution in [0.1, 0.15) is 47.5 Å². The zero-order chi connectivity index (χ0) is 30.7. The molecule has 2 aliphatic heterocycles. The quantitative estimate of drug-likeness (QED) is 0.255. The van der Waals surface area contributed by atoms with Crippen LogP contribution in [0.25, 0.3) is 22.2 Å². The smallest absolute Gasteiger partial charge is 0.410 e. The number of carbonyl (C=O) groups is 1. The van der Waals surface area contributed by atoms with Gasteiger partial charge in [-0.3, -0.25) is 19.9 Å². The van der Waals surface area contributed by atoms with Gasteiger partial charge in [0.15, 0.2) is 0 Å². The molecular formula is C33H46N6O4. The van der Waals surface area contributed by atoms with Crippen LogP contribution >= 0.6 is 0 Å². The van der Waals surface area contributed by atoms with Gasteiger partial charge < -0.3 is 19.5 Å². The van der Waals surface area contributed by atoms with Crippen molar-refractivity contribution in [2.45, 2.75) is 65.1 Å². The van der Waals surface area contributed by atoms with Gasteiger partial charge >= 0.3 is 6.09 Å². The minimum absolute atomic E-state index is 0.0868. The highest BCUT2D eigenvalue weighted by molar-refractivity contribution is 5.88. The standard InChI is InChI=1S/C33H46N6O4/c1-24(2)36-18-15-35(16-19-36)17-20-38(32(40)43-33(3,4)5)27-11-13-37(14-12-27)28-8-6-7-25(21-28)31-23-26-22-29(39(41)42)9-10-30(26)34-31/h6-10,21-24,27,34H,11-20H2,1-5H3. The third-order valence-corrected chi connectivity index (χ3v) is 8.67. The first kappa shape index (κ1) is 30.8. The fourth-order valence-corrected chi connectivity index (χ4v) is 6.19. The Labute approximate surface area is 254 Å². The van der Waals surface area contributed by atoms with E-state index in [1.807, 2.05) is 31.7 Å². The number of nitro benzene ring substituents is 1. The predicted octanol–water partition coefficient (Wildman–Crippen LogP) is 5.98. The number of benzene rings is 2. The number of fused-ring (bicyclic) bond motifs is 1. The van der Waals surface area contributed by atoms with Crippen molar-refractivity contribution in [1.82, 2.24) is 19.7 Å². The summed E-state index contributed by atoms with van der Waals surface area (Å²) < 4.78 is 5.87. The van der Waals surface area contributed by atoms with Gasteiger partial charge in [0.25, 0.3) is 5.69 Å². The molecule has 2 saturated heterocycles. The summed E-state index contributed by atoms with van der Waals surface area (Å²) in [5.41, 5.74) is 3.52. The molecule has 5 rings (SSSR count). The number of aromatic nitrogens is 1. The number of anilines is 1. The summed E-state index contributed by atoms with van der Waals surface area (Å²) in [7, 11) is 0. The monoisotopic (exact) mass is 590 g/mol. The molecule has 0 radical (unpaired) electrons. The molecule has 1 amide bonds. The molecule has 10 nitrogen and oxygen atoms in total. The van der Waals surface area contributed by atoms with E-state index in [0.717, 1.165) is 86.5 Å². The number of nitro groups is 1. The van der Waals surface area contributed by atoms with Gasteiger partial charge in [-0.25, -0.2) is 4.79 Å². The first-order valence-electron chi connectivity index (χ1n) is 15.6. The number of hydrogen-bond acceptors (Lipinski definition) is 7. The Morgan fingerprint density at radius 2 is 1.77 bits per heavy atom. The number of ether oxygens (including phenoxy) is 1. The summed E-state index contributed by atoms with van der Waals surface area (Å²) in [4.78, 5) is 37.0. The van der Waals surface area contributed by atoms with Gasteiger partial charge in [0.1, 0.15) is 5.60 Å². The van der Waals surface area contributed by atoms with Crippen molar-refractivity contribution in [1.29, 1.82) is 0 Å². The Hall–Kier alpha value is -3.63. The Kier molecular flexibility index (Phi) is 9.27. The molecule has 2 aromatic carbocycles. The number of amides is 1. The first-order valence-corrected chi connectivity index (χ1v) is 15.6. The number of aromatic amines is 1. The molecule has 232 valence electrons. The van der Waals surface area contributed by atoms with Crippen molar-refractivity contribution < 1.29 is 14.5 Å². The van der Waals surface area contributed by atoms with E-state index >= 15 is 0 Å². The molecule has 0 unspecified atom stereocenters. The Balaban J connectivity index is 1.23. The fraction of sp³-hybridized carbons (Fsp3) is 0.545. The first-order chi connectivity index (χ1) is 20.5. The number of H-pyrrole nitrogens is 1. The van der Waals surface area contributed by atoms with Gasteiger partial charge in [-0.2, -0.15) is 0 Å². The van der Waals surface area contributed by atoms with E-state index in [-0.39, 0.29) is 22.7 Å². The lowest BCUT2D eigenvalue weighted by Gasteiger charge is -2.41. The molecule has 3 aromatic rings. The zero-order valence-electron chi connectivity index (χ0n) is 26.2. The second kappa shape index (κ2) is 12.9. The van der Waals surface area contributed by atoms with E-state index < -0.39 is 5.60 Å². The summed E-state index contributed by atoms with van der Waals surface area (Å²) in [6.07, 6.45) is 1.54. The minimum atomic E-state index is -0.535. The third-order valence-electron chi connectivity index (χ3n) is 8.67. The fourth-order valence-electron chi connectivity index (χ4n) is 6.19.